The normalized spacial score (nSPS) is 12.6. The van der Waals surface area contributed by atoms with E-state index in [1.807, 2.05) is 6.92 Å². The topological polar surface area (TPSA) is 49.2 Å². The number of aromatic nitrogens is 2. The van der Waals surface area contributed by atoms with Crippen molar-refractivity contribution in [2.45, 2.75) is 33.8 Å². The Hall–Kier alpha value is -1.16. The summed E-state index contributed by atoms with van der Waals surface area (Å²) in [5.74, 6) is 0.738. The maximum atomic E-state index is 9.45. The first-order valence-electron chi connectivity index (χ1n) is 5.36. The molecule has 1 heterocycles. The van der Waals surface area contributed by atoms with Gasteiger partial charge in [0.15, 0.2) is 0 Å². The molecule has 0 aliphatic rings. The van der Waals surface area contributed by atoms with Crippen molar-refractivity contribution in [3.05, 3.63) is 17.5 Å². The lowest BCUT2D eigenvalue weighted by Crippen LogP contribution is -2.24. The van der Waals surface area contributed by atoms with E-state index in [0.29, 0.717) is 0 Å². The first-order valence-corrected chi connectivity index (χ1v) is 5.36. The maximum Gasteiger partial charge on any atom is 0.225 e. The van der Waals surface area contributed by atoms with Crippen LogP contribution in [-0.4, -0.2) is 28.2 Å². The van der Waals surface area contributed by atoms with Gasteiger partial charge in [-0.2, -0.15) is 0 Å². The molecule has 1 rings (SSSR count). The van der Waals surface area contributed by atoms with Gasteiger partial charge in [0.1, 0.15) is 0 Å². The molecule has 4 nitrogen and oxygen atoms in total. The third kappa shape index (κ3) is 2.65. The van der Waals surface area contributed by atoms with Gasteiger partial charge in [-0.3, -0.25) is 0 Å². The van der Waals surface area contributed by atoms with Gasteiger partial charge in [0, 0.05) is 30.5 Å². The predicted molar refractivity (Wildman–Crippen MR) is 61.0 cm³/mol. The van der Waals surface area contributed by atoms with Crippen LogP contribution in [0.25, 0.3) is 0 Å². The second-order valence-electron chi connectivity index (χ2n) is 3.56. The summed E-state index contributed by atoms with van der Waals surface area (Å²) in [4.78, 5) is 10.7. The number of anilines is 1. The molecule has 0 aliphatic heterocycles. The fourth-order valence-corrected chi connectivity index (χ4v) is 1.53. The molecule has 0 amide bonds. The summed E-state index contributed by atoms with van der Waals surface area (Å²) in [5, 5.41) is 9.45. The van der Waals surface area contributed by atoms with Gasteiger partial charge < -0.3 is 10.0 Å². The van der Waals surface area contributed by atoms with Crippen molar-refractivity contribution in [1.82, 2.24) is 9.97 Å². The number of hydrogen-bond acceptors (Lipinski definition) is 4. The minimum absolute atomic E-state index is 0.504. The summed E-state index contributed by atoms with van der Waals surface area (Å²) >= 11 is 0. The van der Waals surface area contributed by atoms with E-state index in [-0.39, 0.29) is 0 Å². The van der Waals surface area contributed by atoms with Crippen molar-refractivity contribution in [2.24, 2.45) is 0 Å². The molecule has 15 heavy (non-hydrogen) atoms. The molecule has 0 saturated carbocycles. The maximum absolute atomic E-state index is 9.45. The number of aliphatic hydroxyl groups is 1. The standard InChI is InChI=1S/C11H19N3O/c1-5-14(6-2)11-12-7-10(9(4)15)8(3)13-11/h7,9,15H,5-6H2,1-4H3. The Morgan fingerprint density at radius 3 is 2.40 bits per heavy atom. The van der Waals surface area contributed by atoms with E-state index in [0.717, 1.165) is 30.3 Å². The van der Waals surface area contributed by atoms with Crippen LogP contribution in [-0.2, 0) is 0 Å². The van der Waals surface area contributed by atoms with Crippen LogP contribution in [0.15, 0.2) is 6.20 Å². The Kier molecular flexibility index (Phi) is 4.03. The zero-order valence-corrected chi connectivity index (χ0v) is 9.86. The fraction of sp³-hybridized carbons (Fsp3) is 0.636. The third-order valence-corrected chi connectivity index (χ3v) is 2.50. The van der Waals surface area contributed by atoms with E-state index < -0.39 is 6.10 Å². The van der Waals surface area contributed by atoms with Crippen molar-refractivity contribution in [3.8, 4) is 0 Å². The summed E-state index contributed by atoms with van der Waals surface area (Å²) in [6.07, 6.45) is 1.21. The van der Waals surface area contributed by atoms with Gasteiger partial charge in [-0.15, -0.1) is 0 Å². The molecule has 0 aromatic carbocycles. The number of hydrogen-bond donors (Lipinski definition) is 1. The third-order valence-electron chi connectivity index (χ3n) is 2.50. The van der Waals surface area contributed by atoms with Gasteiger partial charge in [0.25, 0.3) is 0 Å². The van der Waals surface area contributed by atoms with E-state index in [1.54, 1.807) is 13.1 Å². The Bertz CT molecular complexity index is 322. The lowest BCUT2D eigenvalue weighted by atomic mass is 10.1. The summed E-state index contributed by atoms with van der Waals surface area (Å²) in [5.41, 5.74) is 1.65. The van der Waals surface area contributed by atoms with Crippen LogP contribution >= 0.6 is 0 Å². The molecule has 1 aromatic heterocycles. The highest BCUT2D eigenvalue weighted by molar-refractivity contribution is 5.33. The van der Waals surface area contributed by atoms with Crippen LogP contribution in [0, 0.1) is 6.92 Å². The highest BCUT2D eigenvalue weighted by Gasteiger charge is 2.10. The molecule has 4 heteroatoms. The number of aliphatic hydroxyl groups excluding tert-OH is 1. The van der Waals surface area contributed by atoms with Crippen LogP contribution < -0.4 is 4.90 Å². The van der Waals surface area contributed by atoms with Gasteiger partial charge in [-0.25, -0.2) is 9.97 Å². The molecular weight excluding hydrogens is 190 g/mol. The van der Waals surface area contributed by atoms with Crippen molar-refractivity contribution >= 4 is 5.95 Å². The van der Waals surface area contributed by atoms with Gasteiger partial charge in [0.05, 0.1) is 6.10 Å². The largest absolute Gasteiger partial charge is 0.389 e. The fourth-order valence-electron chi connectivity index (χ4n) is 1.53. The SMILES string of the molecule is CCN(CC)c1ncc(C(C)O)c(C)n1. The van der Waals surface area contributed by atoms with Gasteiger partial charge >= 0.3 is 0 Å². The smallest absolute Gasteiger partial charge is 0.225 e. The molecule has 0 radical (unpaired) electrons. The van der Waals surface area contributed by atoms with Crippen LogP contribution in [0.2, 0.25) is 0 Å². The Morgan fingerprint density at radius 1 is 1.40 bits per heavy atom. The summed E-state index contributed by atoms with van der Waals surface area (Å²) in [6, 6.07) is 0. The van der Waals surface area contributed by atoms with E-state index in [9.17, 15) is 5.11 Å². The van der Waals surface area contributed by atoms with Crippen molar-refractivity contribution in [1.29, 1.82) is 0 Å². The van der Waals surface area contributed by atoms with Crippen LogP contribution in [0.1, 0.15) is 38.1 Å². The number of rotatable bonds is 4. The molecule has 0 fully saturated rings. The monoisotopic (exact) mass is 209 g/mol. The first-order chi connectivity index (χ1) is 7.10. The Morgan fingerprint density at radius 2 is 2.00 bits per heavy atom. The molecular formula is C11H19N3O. The minimum Gasteiger partial charge on any atom is -0.389 e. The zero-order valence-electron chi connectivity index (χ0n) is 9.86. The van der Waals surface area contributed by atoms with E-state index in [4.69, 9.17) is 0 Å². The number of aryl methyl sites for hydroxylation is 1. The van der Waals surface area contributed by atoms with Gasteiger partial charge in [0.2, 0.25) is 5.95 Å². The van der Waals surface area contributed by atoms with Crippen molar-refractivity contribution in [2.75, 3.05) is 18.0 Å². The highest BCUT2D eigenvalue weighted by Crippen LogP contribution is 2.16. The van der Waals surface area contributed by atoms with Crippen LogP contribution in [0.5, 0.6) is 0 Å². The van der Waals surface area contributed by atoms with E-state index in [1.165, 1.54) is 0 Å². The molecule has 1 N–H and O–H groups in total. The Balaban J connectivity index is 3.00. The molecule has 84 valence electrons. The first kappa shape index (κ1) is 11.9. The van der Waals surface area contributed by atoms with Gasteiger partial charge in [-0.05, 0) is 27.7 Å². The molecule has 0 spiro atoms. The molecule has 0 aliphatic carbocycles. The van der Waals surface area contributed by atoms with Gasteiger partial charge in [-0.1, -0.05) is 0 Å². The van der Waals surface area contributed by atoms with E-state index >= 15 is 0 Å². The molecule has 0 bridgehead atoms. The molecule has 1 atom stereocenters. The van der Waals surface area contributed by atoms with Crippen LogP contribution in [0.3, 0.4) is 0 Å². The lowest BCUT2D eigenvalue weighted by Gasteiger charge is -2.19. The van der Waals surface area contributed by atoms with Crippen molar-refractivity contribution < 1.29 is 5.11 Å². The Labute approximate surface area is 91.0 Å². The average Bonchev–Trinajstić information content (AvgIpc) is 2.19. The summed E-state index contributed by atoms with van der Waals surface area (Å²) < 4.78 is 0. The molecule has 0 saturated heterocycles. The number of nitrogens with zero attached hydrogens (tertiary/aromatic N) is 3. The summed E-state index contributed by atoms with van der Waals surface area (Å²) in [6.45, 7) is 9.56. The lowest BCUT2D eigenvalue weighted by molar-refractivity contribution is 0.197. The minimum atomic E-state index is -0.504. The molecule has 1 unspecified atom stereocenters. The van der Waals surface area contributed by atoms with E-state index in [2.05, 4.69) is 28.7 Å². The second-order valence-corrected chi connectivity index (χ2v) is 3.56. The zero-order chi connectivity index (χ0) is 11.4. The average molecular weight is 209 g/mol. The summed E-state index contributed by atoms with van der Waals surface area (Å²) in [7, 11) is 0. The quantitative estimate of drug-likeness (QED) is 0.819. The molecule has 1 aromatic rings. The van der Waals surface area contributed by atoms with Crippen LogP contribution in [0.4, 0.5) is 5.95 Å². The highest BCUT2D eigenvalue weighted by atomic mass is 16.3. The predicted octanol–water partition coefficient (Wildman–Crippen LogP) is 1.68. The van der Waals surface area contributed by atoms with Crippen molar-refractivity contribution in [3.63, 3.8) is 0 Å². The second kappa shape index (κ2) is 5.07.